The maximum absolute atomic E-state index is 14.1. The number of hydrogen-bond acceptors (Lipinski definition) is 3. The number of phenols is 2. The van der Waals surface area contributed by atoms with Crippen molar-refractivity contribution in [2.75, 3.05) is 0 Å². The topological polar surface area (TPSA) is 57.5 Å². The summed E-state index contributed by atoms with van der Waals surface area (Å²) in [4.78, 5) is 14.1. The van der Waals surface area contributed by atoms with Gasteiger partial charge < -0.3 is 10.2 Å². The largest absolute Gasteiger partial charge is 0.507 e. The van der Waals surface area contributed by atoms with Crippen LogP contribution in [0.1, 0.15) is 137 Å². The van der Waals surface area contributed by atoms with Gasteiger partial charge >= 0.3 is 0 Å². The molecular weight excluding hydrogens is 492 g/mol. The highest BCUT2D eigenvalue weighted by Gasteiger charge is 2.47. The minimum Gasteiger partial charge on any atom is -0.507 e. The van der Waals surface area contributed by atoms with Gasteiger partial charge in [0.15, 0.2) is 0 Å². The third-order valence-electron chi connectivity index (χ3n) is 8.96. The van der Waals surface area contributed by atoms with Crippen molar-refractivity contribution in [3.05, 3.63) is 57.6 Å². The maximum atomic E-state index is 14.1. The van der Waals surface area contributed by atoms with Crippen molar-refractivity contribution >= 4 is 5.78 Å². The van der Waals surface area contributed by atoms with Gasteiger partial charge in [0.05, 0.1) is 0 Å². The molecule has 1 aliphatic rings. The minimum absolute atomic E-state index is 0.0496. The van der Waals surface area contributed by atoms with E-state index in [1.807, 2.05) is 0 Å². The summed E-state index contributed by atoms with van der Waals surface area (Å²) in [5.74, 6) is 0.984. The summed E-state index contributed by atoms with van der Waals surface area (Å²) in [6, 6.07) is 8.52. The summed E-state index contributed by atoms with van der Waals surface area (Å²) in [6.07, 6.45) is 2.23. The first kappa shape index (κ1) is 32.2. The lowest BCUT2D eigenvalue weighted by Gasteiger charge is -2.30. The average molecular weight is 549 g/mol. The van der Waals surface area contributed by atoms with Crippen molar-refractivity contribution in [1.82, 2.24) is 0 Å². The summed E-state index contributed by atoms with van der Waals surface area (Å²) in [5, 5.41) is 22.4. The molecule has 2 atom stereocenters. The molecule has 3 nitrogen and oxygen atoms in total. The maximum Gasteiger partial charge on any atom is 0.140 e. The van der Waals surface area contributed by atoms with Crippen LogP contribution >= 0.6 is 0 Å². The molecule has 1 aliphatic carbocycles. The highest BCUT2D eigenvalue weighted by molar-refractivity contribution is 5.87. The molecule has 0 radical (unpaired) electrons. The van der Waals surface area contributed by atoms with Crippen LogP contribution in [0.25, 0.3) is 0 Å². The van der Waals surface area contributed by atoms with E-state index < -0.39 is 0 Å². The fourth-order valence-corrected chi connectivity index (χ4v) is 6.53. The molecule has 3 rings (SSSR count). The Hall–Kier alpha value is -2.29. The molecule has 0 aromatic heterocycles. The fraction of sp³-hybridized carbons (Fsp3) is 0.649. The second-order valence-corrected chi connectivity index (χ2v) is 17.3. The van der Waals surface area contributed by atoms with Crippen LogP contribution in [0.4, 0.5) is 0 Å². The van der Waals surface area contributed by atoms with Gasteiger partial charge in [-0.15, -0.1) is 0 Å². The summed E-state index contributed by atoms with van der Waals surface area (Å²) in [5.41, 5.74) is 5.14. The molecule has 2 aromatic rings. The zero-order chi connectivity index (χ0) is 30.8. The number of aromatic hydroxyl groups is 2. The smallest absolute Gasteiger partial charge is 0.140 e. The van der Waals surface area contributed by atoms with Gasteiger partial charge in [-0.2, -0.15) is 0 Å². The zero-order valence-corrected chi connectivity index (χ0v) is 27.9. The van der Waals surface area contributed by atoms with Crippen LogP contribution in [0.2, 0.25) is 0 Å². The molecule has 1 saturated carbocycles. The molecule has 0 bridgehead atoms. The predicted octanol–water partition coefficient (Wildman–Crippen LogP) is 9.30. The third-order valence-corrected chi connectivity index (χ3v) is 8.96. The van der Waals surface area contributed by atoms with Gasteiger partial charge in [0.25, 0.3) is 0 Å². The lowest BCUT2D eigenvalue weighted by atomic mass is 9.75. The lowest BCUT2D eigenvalue weighted by molar-refractivity contribution is -0.124. The van der Waals surface area contributed by atoms with E-state index in [1.165, 1.54) is 0 Å². The number of Topliss-reactive ketones (excluding diaryl/α,β-unsaturated/α-hetero) is 1. The highest BCUT2D eigenvalue weighted by Crippen LogP contribution is 2.48. The molecule has 0 saturated heterocycles. The van der Waals surface area contributed by atoms with Gasteiger partial charge in [-0.3, -0.25) is 4.79 Å². The predicted molar refractivity (Wildman–Crippen MR) is 169 cm³/mol. The van der Waals surface area contributed by atoms with Gasteiger partial charge in [0.2, 0.25) is 0 Å². The van der Waals surface area contributed by atoms with Crippen molar-refractivity contribution in [2.24, 2.45) is 17.3 Å². The fourth-order valence-electron chi connectivity index (χ4n) is 6.53. The van der Waals surface area contributed by atoms with Crippen molar-refractivity contribution in [3.8, 4) is 11.5 Å². The van der Waals surface area contributed by atoms with Gasteiger partial charge in [0.1, 0.15) is 17.3 Å². The molecular formula is C37H56O3. The lowest BCUT2D eigenvalue weighted by Crippen LogP contribution is -2.26. The number of hydrogen-bond donors (Lipinski definition) is 2. The molecule has 1 fully saturated rings. The van der Waals surface area contributed by atoms with Crippen molar-refractivity contribution in [3.63, 3.8) is 0 Å². The molecule has 2 unspecified atom stereocenters. The van der Waals surface area contributed by atoms with Gasteiger partial charge in [-0.1, -0.05) is 121 Å². The Labute approximate surface area is 244 Å². The number of carbonyl (C=O) groups is 1. The normalized spacial score (nSPS) is 20.3. The Morgan fingerprint density at radius 3 is 1.23 bits per heavy atom. The number of rotatable bonds is 4. The zero-order valence-electron chi connectivity index (χ0n) is 27.9. The average Bonchev–Trinajstić information content (AvgIpc) is 2.95. The van der Waals surface area contributed by atoms with Crippen LogP contribution in [0.3, 0.4) is 0 Å². The van der Waals surface area contributed by atoms with Crippen LogP contribution in [0, 0.1) is 17.3 Å². The SMILES string of the molecule is CC(C)(C)c1cc(CC2CC(C)(C)C(Cc3cc(C(C)(C)C)c(O)c(C(C)(C)C)c3)C2=O)cc(C(C)(C)C)c1O. The van der Waals surface area contributed by atoms with E-state index in [9.17, 15) is 15.0 Å². The summed E-state index contributed by atoms with van der Waals surface area (Å²) >= 11 is 0. The van der Waals surface area contributed by atoms with E-state index in [0.717, 1.165) is 39.8 Å². The van der Waals surface area contributed by atoms with E-state index in [2.05, 4.69) is 121 Å². The van der Waals surface area contributed by atoms with E-state index >= 15 is 0 Å². The van der Waals surface area contributed by atoms with Crippen LogP contribution in [-0.4, -0.2) is 16.0 Å². The van der Waals surface area contributed by atoms with Gasteiger partial charge in [-0.25, -0.2) is 0 Å². The standard InChI is InChI=1S/C37H56O3/c1-33(2,3)25-16-22(17-26(31(25)39)34(4,5)6)15-24-21-37(13,14)29(30(24)38)20-23-18-27(35(7,8)9)32(40)28(19-23)36(10,11)12/h16-19,24,29,39-40H,15,20-21H2,1-14H3. The third kappa shape index (κ3) is 6.60. The molecule has 0 amide bonds. The second-order valence-electron chi connectivity index (χ2n) is 17.3. The van der Waals surface area contributed by atoms with E-state index in [1.54, 1.807) is 0 Å². The quantitative estimate of drug-likeness (QED) is 0.400. The van der Waals surface area contributed by atoms with E-state index in [-0.39, 0.29) is 38.9 Å². The molecule has 2 aromatic carbocycles. The van der Waals surface area contributed by atoms with E-state index in [0.29, 0.717) is 30.1 Å². The molecule has 40 heavy (non-hydrogen) atoms. The van der Waals surface area contributed by atoms with Crippen LogP contribution in [0.5, 0.6) is 11.5 Å². The van der Waals surface area contributed by atoms with Gasteiger partial charge in [-0.05, 0) is 79.7 Å². The minimum atomic E-state index is -0.202. The van der Waals surface area contributed by atoms with Crippen LogP contribution in [0.15, 0.2) is 24.3 Å². The monoisotopic (exact) mass is 548 g/mol. The number of carbonyl (C=O) groups excluding carboxylic acids is 1. The van der Waals surface area contributed by atoms with Gasteiger partial charge in [0, 0.05) is 11.8 Å². The first-order valence-electron chi connectivity index (χ1n) is 15.1. The Bertz CT molecular complexity index is 1200. The highest BCUT2D eigenvalue weighted by atomic mass is 16.3. The van der Waals surface area contributed by atoms with Crippen LogP contribution in [-0.2, 0) is 39.3 Å². The first-order valence-corrected chi connectivity index (χ1v) is 15.1. The Balaban J connectivity index is 2.01. The number of ketones is 1. The molecule has 0 heterocycles. The van der Waals surface area contributed by atoms with Crippen LogP contribution < -0.4 is 0 Å². The van der Waals surface area contributed by atoms with Crippen molar-refractivity contribution < 1.29 is 15.0 Å². The first-order chi connectivity index (χ1) is 17.8. The Morgan fingerprint density at radius 1 is 0.625 bits per heavy atom. The molecule has 2 N–H and O–H groups in total. The molecule has 0 aliphatic heterocycles. The number of benzene rings is 2. The Kier molecular flexibility index (Phi) is 8.23. The number of phenolic OH excluding ortho intramolecular Hbond substituents is 2. The summed E-state index contributed by atoms with van der Waals surface area (Å²) < 4.78 is 0. The van der Waals surface area contributed by atoms with E-state index in [4.69, 9.17) is 0 Å². The molecule has 3 heteroatoms. The Morgan fingerprint density at radius 2 is 0.925 bits per heavy atom. The van der Waals surface area contributed by atoms with Crippen molar-refractivity contribution in [1.29, 1.82) is 0 Å². The summed E-state index contributed by atoms with van der Waals surface area (Å²) in [6.45, 7) is 30.1. The summed E-state index contributed by atoms with van der Waals surface area (Å²) in [7, 11) is 0. The van der Waals surface area contributed by atoms with Crippen molar-refractivity contribution in [2.45, 2.75) is 138 Å². The molecule has 0 spiro atoms. The second kappa shape index (κ2) is 10.2. The molecule has 222 valence electrons.